The highest BCUT2D eigenvalue weighted by molar-refractivity contribution is 5.81. The zero-order valence-electron chi connectivity index (χ0n) is 23.4. The summed E-state index contributed by atoms with van der Waals surface area (Å²) in [5.41, 5.74) is -1.11. The monoisotopic (exact) mass is 497 g/mol. The minimum Gasteiger partial charge on any atom is -0.494 e. The van der Waals surface area contributed by atoms with Gasteiger partial charge in [-0.15, -0.1) is 0 Å². The third-order valence-electron chi connectivity index (χ3n) is 7.88. The van der Waals surface area contributed by atoms with Gasteiger partial charge in [-0.1, -0.05) is 110 Å². The van der Waals surface area contributed by atoms with E-state index in [1.54, 1.807) is 19.1 Å². The molecule has 0 aliphatic heterocycles. The van der Waals surface area contributed by atoms with Gasteiger partial charge in [0.25, 0.3) is 0 Å². The van der Waals surface area contributed by atoms with Crippen molar-refractivity contribution in [3.8, 4) is 17.6 Å². The van der Waals surface area contributed by atoms with Gasteiger partial charge in [0.05, 0.1) is 12.7 Å². The lowest BCUT2D eigenvalue weighted by Crippen LogP contribution is -2.33. The van der Waals surface area contributed by atoms with E-state index in [-0.39, 0.29) is 0 Å². The van der Waals surface area contributed by atoms with Gasteiger partial charge in [0.1, 0.15) is 11.5 Å². The zero-order chi connectivity index (χ0) is 26.1. The first kappa shape index (κ1) is 30.2. The van der Waals surface area contributed by atoms with Gasteiger partial charge >= 0.3 is 5.97 Å². The maximum Gasteiger partial charge on any atom is 0.331 e. The van der Waals surface area contributed by atoms with Gasteiger partial charge in [0.15, 0.2) is 5.41 Å². The summed E-state index contributed by atoms with van der Waals surface area (Å²) in [4.78, 5) is 13.0. The van der Waals surface area contributed by atoms with E-state index in [2.05, 4.69) is 19.9 Å². The van der Waals surface area contributed by atoms with Crippen LogP contribution in [0.2, 0.25) is 0 Å². The van der Waals surface area contributed by atoms with E-state index in [1.807, 2.05) is 12.1 Å². The van der Waals surface area contributed by atoms with Crippen LogP contribution < -0.4 is 9.47 Å². The van der Waals surface area contributed by atoms with Crippen LogP contribution in [0.4, 0.5) is 0 Å². The Balaban J connectivity index is 1.71. The van der Waals surface area contributed by atoms with E-state index >= 15 is 0 Å². The lowest BCUT2D eigenvalue weighted by Gasteiger charge is -2.32. The van der Waals surface area contributed by atoms with Crippen LogP contribution in [-0.4, -0.2) is 12.6 Å². The van der Waals surface area contributed by atoms with Gasteiger partial charge in [-0.3, -0.25) is 0 Å². The van der Waals surface area contributed by atoms with Crippen LogP contribution in [0, 0.1) is 28.6 Å². The first-order chi connectivity index (χ1) is 17.5. The minimum atomic E-state index is -1.11. The summed E-state index contributed by atoms with van der Waals surface area (Å²) in [6.45, 7) is 6.94. The number of rotatable bonds is 18. The molecule has 0 amide bonds. The van der Waals surface area contributed by atoms with Crippen LogP contribution in [0.15, 0.2) is 24.3 Å². The number of hydrogen-bond donors (Lipinski definition) is 0. The standard InChI is InChI=1S/C32H51NO3/c1-4-6-8-10-12-14-24-35-29-20-22-30(23-21-29)36-31(34)32(3,26-33)25-28-18-16-27(17-19-28)15-13-11-9-7-5-2/h20-23,27-28H,4-19,24-25H2,1-3H3. The fourth-order valence-electron chi connectivity index (χ4n) is 5.41. The maximum absolute atomic E-state index is 13.0. The van der Waals surface area contributed by atoms with Crippen molar-refractivity contribution < 1.29 is 14.3 Å². The molecule has 1 fully saturated rings. The Bertz CT molecular complexity index is 761. The smallest absolute Gasteiger partial charge is 0.331 e. The largest absolute Gasteiger partial charge is 0.494 e. The number of hydrogen-bond acceptors (Lipinski definition) is 4. The van der Waals surface area contributed by atoms with Crippen LogP contribution in [0.5, 0.6) is 11.5 Å². The molecule has 1 atom stereocenters. The topological polar surface area (TPSA) is 59.3 Å². The Morgan fingerprint density at radius 3 is 1.97 bits per heavy atom. The van der Waals surface area contributed by atoms with E-state index in [9.17, 15) is 10.1 Å². The second kappa shape index (κ2) is 17.4. The molecule has 0 radical (unpaired) electrons. The van der Waals surface area contributed by atoms with Gasteiger partial charge in [0.2, 0.25) is 0 Å². The molecule has 1 aliphatic rings. The predicted molar refractivity (Wildman–Crippen MR) is 148 cm³/mol. The molecule has 1 saturated carbocycles. The third-order valence-corrected chi connectivity index (χ3v) is 7.88. The van der Waals surface area contributed by atoms with E-state index in [4.69, 9.17) is 9.47 Å². The molecule has 1 aromatic carbocycles. The minimum absolute atomic E-state index is 0.427. The number of nitrogens with zero attached hydrogens (tertiary/aromatic N) is 1. The first-order valence-corrected chi connectivity index (χ1v) is 14.9. The van der Waals surface area contributed by atoms with Crippen LogP contribution >= 0.6 is 0 Å². The van der Waals surface area contributed by atoms with Crippen LogP contribution in [-0.2, 0) is 4.79 Å². The number of carbonyl (C=O) groups excluding carboxylic acids is 1. The number of esters is 1. The van der Waals surface area contributed by atoms with Crippen molar-refractivity contribution in [3.63, 3.8) is 0 Å². The number of ether oxygens (including phenoxy) is 2. The predicted octanol–water partition coefficient (Wildman–Crippen LogP) is 9.42. The molecule has 1 aliphatic carbocycles. The summed E-state index contributed by atoms with van der Waals surface area (Å²) in [5.74, 6) is 2.07. The Hall–Kier alpha value is -2.02. The summed E-state index contributed by atoms with van der Waals surface area (Å²) in [7, 11) is 0. The molecule has 0 spiro atoms. The summed E-state index contributed by atoms with van der Waals surface area (Å²) < 4.78 is 11.5. The maximum atomic E-state index is 13.0. The van der Waals surface area contributed by atoms with Gasteiger partial charge in [-0.25, -0.2) is 4.79 Å². The van der Waals surface area contributed by atoms with E-state index in [1.165, 1.54) is 83.5 Å². The quantitative estimate of drug-likeness (QED) is 0.115. The summed E-state index contributed by atoms with van der Waals surface area (Å²) in [6.07, 6.45) is 20.8. The van der Waals surface area contributed by atoms with Gasteiger partial charge in [-0.2, -0.15) is 5.26 Å². The second-order valence-corrected chi connectivity index (χ2v) is 11.2. The number of benzene rings is 1. The molecule has 1 aromatic rings. The molecule has 36 heavy (non-hydrogen) atoms. The molecule has 0 heterocycles. The highest BCUT2D eigenvalue weighted by Crippen LogP contribution is 2.39. The van der Waals surface area contributed by atoms with Crippen molar-refractivity contribution in [2.45, 2.75) is 130 Å². The number of nitriles is 1. The van der Waals surface area contributed by atoms with E-state index in [0.29, 0.717) is 24.7 Å². The molecule has 0 N–H and O–H groups in total. The molecule has 2 rings (SSSR count). The van der Waals surface area contributed by atoms with Crippen molar-refractivity contribution in [2.24, 2.45) is 17.3 Å². The van der Waals surface area contributed by atoms with Gasteiger partial charge in [-0.05, 0) is 55.9 Å². The van der Waals surface area contributed by atoms with Crippen LogP contribution in [0.3, 0.4) is 0 Å². The van der Waals surface area contributed by atoms with Gasteiger partial charge in [0, 0.05) is 0 Å². The Labute approximate surface area is 221 Å². The SMILES string of the molecule is CCCCCCCCOc1ccc(OC(=O)C(C)(C#N)CC2CCC(CCCCCCC)CC2)cc1. The lowest BCUT2D eigenvalue weighted by molar-refractivity contribution is -0.142. The van der Waals surface area contributed by atoms with E-state index in [0.717, 1.165) is 30.9 Å². The fourth-order valence-corrected chi connectivity index (χ4v) is 5.41. The molecule has 0 bridgehead atoms. The summed E-state index contributed by atoms with van der Waals surface area (Å²) in [6, 6.07) is 9.48. The highest BCUT2D eigenvalue weighted by Gasteiger charge is 2.39. The Morgan fingerprint density at radius 1 is 0.833 bits per heavy atom. The van der Waals surface area contributed by atoms with Crippen molar-refractivity contribution in [3.05, 3.63) is 24.3 Å². The van der Waals surface area contributed by atoms with Crippen molar-refractivity contribution in [2.75, 3.05) is 6.61 Å². The molecule has 202 valence electrons. The number of carbonyl (C=O) groups is 1. The number of unbranched alkanes of at least 4 members (excludes halogenated alkanes) is 9. The normalized spacial score (nSPS) is 19.3. The third kappa shape index (κ3) is 11.4. The lowest BCUT2D eigenvalue weighted by atomic mass is 9.72. The Kier molecular flexibility index (Phi) is 14.6. The first-order valence-electron chi connectivity index (χ1n) is 14.9. The van der Waals surface area contributed by atoms with Crippen LogP contribution in [0.25, 0.3) is 0 Å². The highest BCUT2D eigenvalue weighted by atomic mass is 16.5. The average Bonchev–Trinajstić information content (AvgIpc) is 2.90. The fraction of sp³-hybridized carbons (Fsp3) is 0.750. The molecule has 4 nitrogen and oxygen atoms in total. The zero-order valence-corrected chi connectivity index (χ0v) is 23.4. The van der Waals surface area contributed by atoms with Crippen molar-refractivity contribution in [1.82, 2.24) is 0 Å². The molecule has 4 heteroatoms. The average molecular weight is 498 g/mol. The Morgan fingerprint density at radius 2 is 1.36 bits per heavy atom. The van der Waals surface area contributed by atoms with Crippen molar-refractivity contribution in [1.29, 1.82) is 5.26 Å². The molecular formula is C32H51NO3. The molecule has 0 saturated heterocycles. The molecule has 1 unspecified atom stereocenters. The van der Waals surface area contributed by atoms with Crippen molar-refractivity contribution >= 4 is 5.97 Å². The summed E-state index contributed by atoms with van der Waals surface area (Å²) >= 11 is 0. The van der Waals surface area contributed by atoms with Crippen LogP contribution in [0.1, 0.15) is 130 Å². The molecule has 0 aromatic heterocycles. The summed E-state index contributed by atoms with van der Waals surface area (Å²) in [5, 5.41) is 9.87. The molecular weight excluding hydrogens is 446 g/mol. The second-order valence-electron chi connectivity index (χ2n) is 11.2. The van der Waals surface area contributed by atoms with E-state index < -0.39 is 11.4 Å². The van der Waals surface area contributed by atoms with Gasteiger partial charge < -0.3 is 9.47 Å².